The minimum atomic E-state index is -1.03. The molecule has 1 aliphatic rings. The monoisotopic (exact) mass is 149 g/mol. The van der Waals surface area contributed by atoms with Gasteiger partial charge in [0.25, 0.3) is 0 Å². The van der Waals surface area contributed by atoms with Crippen molar-refractivity contribution in [1.29, 1.82) is 0 Å². The fraction of sp³-hybridized carbons (Fsp3) is 1.00. The van der Waals surface area contributed by atoms with Crippen LogP contribution in [0.25, 0.3) is 0 Å². The molecule has 1 fully saturated rings. The van der Waals surface area contributed by atoms with Crippen molar-refractivity contribution in [2.24, 2.45) is 0 Å². The van der Waals surface area contributed by atoms with Crippen LogP contribution in [-0.4, -0.2) is 42.4 Å². The zero-order valence-corrected chi connectivity index (χ0v) is 6.84. The van der Waals surface area contributed by atoms with Crippen molar-refractivity contribution in [1.82, 2.24) is 4.90 Å². The molecule has 1 saturated heterocycles. The van der Waals surface area contributed by atoms with Crippen molar-refractivity contribution in [3.63, 3.8) is 0 Å². The van der Waals surface area contributed by atoms with Crippen LogP contribution in [0.4, 0.5) is 4.39 Å². The maximum atomic E-state index is 12.3. The van der Waals surface area contributed by atoms with Crippen LogP contribution < -0.4 is 0 Å². The zero-order chi connectivity index (χ0) is 8.15. The van der Waals surface area contributed by atoms with Gasteiger partial charge in [0.1, 0.15) is 6.17 Å². The summed E-state index contributed by atoms with van der Waals surface area (Å²) in [4.78, 5) is 1.77. The Labute approximate surface area is 61.6 Å². The highest BCUT2D eigenvalue weighted by Crippen LogP contribution is 2.09. The molecule has 0 aliphatic carbocycles. The molecule has 0 bridgehead atoms. The van der Waals surface area contributed by atoms with E-state index < -0.39 is 12.3 Å². The number of rotatable bonds is 0. The number of alkyl halides is 1. The molecule has 0 aromatic heterocycles. The van der Waals surface area contributed by atoms with E-state index in [-0.39, 0.29) is 0 Å². The molecular formula is C7H16FNO. The summed E-state index contributed by atoms with van der Waals surface area (Å²) in [5.74, 6) is 0. The van der Waals surface area contributed by atoms with Crippen LogP contribution in [-0.2, 0) is 0 Å². The molecule has 0 saturated carbocycles. The van der Waals surface area contributed by atoms with Crippen LogP contribution in [0.1, 0.15) is 13.8 Å². The Balaban J connectivity index is 0.000000371. The number of hydrogen-bond donors (Lipinski definition) is 1. The molecule has 2 unspecified atom stereocenters. The highest BCUT2D eigenvalue weighted by Gasteiger charge is 2.28. The third-order valence-electron chi connectivity index (χ3n) is 1.40. The molecule has 0 spiro atoms. The number of aliphatic hydroxyl groups is 1. The van der Waals surface area contributed by atoms with E-state index in [9.17, 15) is 4.39 Å². The quantitative estimate of drug-likeness (QED) is 0.547. The highest BCUT2D eigenvalue weighted by molar-refractivity contribution is 4.80. The molecule has 3 heteroatoms. The van der Waals surface area contributed by atoms with Gasteiger partial charge in [0.05, 0.1) is 6.10 Å². The van der Waals surface area contributed by atoms with E-state index in [1.165, 1.54) is 0 Å². The van der Waals surface area contributed by atoms with Gasteiger partial charge in [-0.1, -0.05) is 13.8 Å². The van der Waals surface area contributed by atoms with Crippen LogP contribution in [0, 0.1) is 0 Å². The summed E-state index contributed by atoms with van der Waals surface area (Å²) >= 11 is 0. The lowest BCUT2D eigenvalue weighted by molar-refractivity contribution is 0.116. The first kappa shape index (κ1) is 9.85. The zero-order valence-electron chi connectivity index (χ0n) is 6.84. The molecule has 1 N–H and O–H groups in total. The topological polar surface area (TPSA) is 23.5 Å². The minimum Gasteiger partial charge on any atom is -0.389 e. The van der Waals surface area contributed by atoms with Crippen LogP contribution in [0.3, 0.4) is 0 Å². The molecule has 2 atom stereocenters. The molecular weight excluding hydrogens is 133 g/mol. The van der Waals surface area contributed by atoms with Crippen LogP contribution in [0.15, 0.2) is 0 Å². The standard InChI is InChI=1S/C5H10FNO.C2H6/c1-7-2-4(6)5(8)3-7;1-2/h4-5,8H,2-3H2,1H3;1-2H3. The van der Waals surface area contributed by atoms with Crippen LogP contribution >= 0.6 is 0 Å². The first-order valence-electron chi connectivity index (χ1n) is 3.71. The average molecular weight is 149 g/mol. The molecule has 0 aromatic carbocycles. The van der Waals surface area contributed by atoms with Gasteiger partial charge in [-0.25, -0.2) is 4.39 Å². The first-order chi connectivity index (χ1) is 4.70. The van der Waals surface area contributed by atoms with Crippen molar-refractivity contribution >= 4 is 0 Å². The highest BCUT2D eigenvalue weighted by atomic mass is 19.1. The van der Waals surface area contributed by atoms with Gasteiger partial charge in [0.2, 0.25) is 0 Å². The van der Waals surface area contributed by atoms with Crippen molar-refractivity contribution < 1.29 is 9.50 Å². The first-order valence-corrected chi connectivity index (χ1v) is 3.71. The lowest BCUT2D eigenvalue weighted by Gasteiger charge is -2.01. The lowest BCUT2D eigenvalue weighted by atomic mass is 10.3. The van der Waals surface area contributed by atoms with E-state index in [1.807, 2.05) is 13.8 Å². The fourth-order valence-electron chi connectivity index (χ4n) is 0.928. The number of likely N-dealkylation sites (tertiary alicyclic amines) is 1. The number of nitrogens with zero attached hydrogens (tertiary/aromatic N) is 1. The number of hydrogen-bond acceptors (Lipinski definition) is 2. The molecule has 1 rings (SSSR count). The predicted octanol–water partition coefficient (Wildman–Crippen LogP) is 0.657. The summed E-state index contributed by atoms with van der Waals surface area (Å²) in [6.07, 6.45) is -1.78. The maximum Gasteiger partial charge on any atom is 0.140 e. The second-order valence-electron chi connectivity index (χ2n) is 2.30. The molecule has 62 valence electrons. The van der Waals surface area contributed by atoms with E-state index in [0.717, 1.165) is 0 Å². The third-order valence-corrected chi connectivity index (χ3v) is 1.40. The fourth-order valence-corrected chi connectivity index (χ4v) is 0.928. The Hall–Kier alpha value is -0.150. The van der Waals surface area contributed by atoms with E-state index in [0.29, 0.717) is 13.1 Å². The second kappa shape index (κ2) is 4.63. The number of aliphatic hydroxyl groups excluding tert-OH is 1. The van der Waals surface area contributed by atoms with Gasteiger partial charge in [0, 0.05) is 13.1 Å². The summed E-state index contributed by atoms with van der Waals surface area (Å²) < 4.78 is 12.3. The number of halogens is 1. The third kappa shape index (κ3) is 2.62. The summed E-state index contributed by atoms with van der Waals surface area (Å²) in [5, 5.41) is 8.75. The van der Waals surface area contributed by atoms with E-state index >= 15 is 0 Å². The minimum absolute atomic E-state index is 0.376. The Bertz CT molecular complexity index is 79.7. The lowest BCUT2D eigenvalue weighted by Crippen LogP contribution is -2.18. The Morgan fingerprint density at radius 3 is 2.00 bits per heavy atom. The van der Waals surface area contributed by atoms with Gasteiger partial charge >= 0.3 is 0 Å². The van der Waals surface area contributed by atoms with Gasteiger partial charge in [-0.05, 0) is 7.05 Å². The van der Waals surface area contributed by atoms with E-state index in [1.54, 1.807) is 11.9 Å². The Kier molecular flexibility index (Phi) is 4.56. The summed E-state index contributed by atoms with van der Waals surface area (Å²) in [6.45, 7) is 4.85. The van der Waals surface area contributed by atoms with Crippen molar-refractivity contribution in [2.75, 3.05) is 20.1 Å². The normalized spacial score (nSPS) is 33.3. The Morgan fingerprint density at radius 2 is 1.90 bits per heavy atom. The summed E-state index contributed by atoms with van der Waals surface area (Å²) in [7, 11) is 1.79. The van der Waals surface area contributed by atoms with Crippen LogP contribution in [0.2, 0.25) is 0 Å². The maximum absolute atomic E-state index is 12.3. The van der Waals surface area contributed by atoms with E-state index in [2.05, 4.69) is 0 Å². The molecule has 0 amide bonds. The Morgan fingerprint density at radius 1 is 1.40 bits per heavy atom. The smallest absolute Gasteiger partial charge is 0.140 e. The average Bonchev–Trinajstić information content (AvgIpc) is 2.16. The van der Waals surface area contributed by atoms with Gasteiger partial charge in [-0.15, -0.1) is 0 Å². The van der Waals surface area contributed by atoms with Gasteiger partial charge in [-0.2, -0.15) is 0 Å². The SMILES string of the molecule is CC.CN1CC(O)C(F)C1. The van der Waals surface area contributed by atoms with Gasteiger partial charge in [-0.3, -0.25) is 0 Å². The molecule has 1 aliphatic heterocycles. The van der Waals surface area contributed by atoms with Gasteiger partial charge in [0.15, 0.2) is 0 Å². The van der Waals surface area contributed by atoms with Crippen molar-refractivity contribution in [2.45, 2.75) is 26.1 Å². The molecule has 10 heavy (non-hydrogen) atoms. The summed E-state index contributed by atoms with van der Waals surface area (Å²) in [5.41, 5.74) is 0. The van der Waals surface area contributed by atoms with Crippen LogP contribution in [0.5, 0.6) is 0 Å². The van der Waals surface area contributed by atoms with E-state index in [4.69, 9.17) is 5.11 Å². The van der Waals surface area contributed by atoms with Gasteiger partial charge < -0.3 is 10.0 Å². The largest absolute Gasteiger partial charge is 0.389 e. The summed E-state index contributed by atoms with van der Waals surface area (Å²) in [6, 6.07) is 0. The molecule has 2 nitrogen and oxygen atoms in total. The van der Waals surface area contributed by atoms with Crippen molar-refractivity contribution in [3.8, 4) is 0 Å². The second-order valence-corrected chi connectivity index (χ2v) is 2.30. The number of likely N-dealkylation sites (N-methyl/N-ethyl adjacent to an activating group) is 1. The molecule has 0 radical (unpaired) electrons. The number of β-amino-alcohol motifs (C(OH)–C–C–N with tert-alkyl or cyclic N) is 1. The molecule has 0 aromatic rings. The molecule has 1 heterocycles. The van der Waals surface area contributed by atoms with Crippen molar-refractivity contribution in [3.05, 3.63) is 0 Å². The predicted molar refractivity (Wildman–Crippen MR) is 39.7 cm³/mol.